The van der Waals surface area contributed by atoms with Gasteiger partial charge in [-0.15, -0.1) is 4.59 Å². The first kappa shape index (κ1) is 18.0. The molecule has 3 rings (SSSR count). The van der Waals surface area contributed by atoms with E-state index in [9.17, 15) is 8.78 Å². The molecule has 0 saturated heterocycles. The number of aryl methyl sites for hydroxylation is 1. The fourth-order valence-electron chi connectivity index (χ4n) is 3.16. The normalized spacial score (nSPS) is 20.2. The summed E-state index contributed by atoms with van der Waals surface area (Å²) in [6.45, 7) is 3.55. The molecule has 130 valence electrons. The maximum atomic E-state index is 14.7. The second-order valence-electron chi connectivity index (χ2n) is 6.17. The molecule has 0 saturated carbocycles. The molecular formula is C18H16BrClF2N3+. The van der Waals surface area contributed by atoms with Crippen molar-refractivity contribution in [2.24, 2.45) is 0 Å². The molecule has 2 N–H and O–H groups in total. The minimum Gasteiger partial charge on any atom is -0.248 e. The number of hydrogen-bond acceptors (Lipinski definition) is 2. The zero-order valence-corrected chi connectivity index (χ0v) is 16.2. The Bertz CT molecular complexity index is 919. The van der Waals surface area contributed by atoms with Crippen molar-refractivity contribution >= 4 is 44.6 Å². The molecule has 0 spiro atoms. The number of benzene rings is 2. The van der Waals surface area contributed by atoms with Gasteiger partial charge in [-0.05, 0) is 49.7 Å². The summed E-state index contributed by atoms with van der Waals surface area (Å²) < 4.78 is 28.3. The zero-order valence-electron chi connectivity index (χ0n) is 13.8. The van der Waals surface area contributed by atoms with Gasteiger partial charge in [-0.3, -0.25) is 0 Å². The zero-order chi connectivity index (χ0) is 18.5. The van der Waals surface area contributed by atoms with Gasteiger partial charge in [-0.2, -0.15) is 0 Å². The van der Waals surface area contributed by atoms with E-state index >= 15 is 0 Å². The number of allylic oxidation sites excluding steroid dienone is 1. The van der Waals surface area contributed by atoms with E-state index in [0.717, 1.165) is 0 Å². The van der Waals surface area contributed by atoms with Gasteiger partial charge in [-0.25, -0.2) is 19.6 Å². The van der Waals surface area contributed by atoms with Crippen LogP contribution in [0, 0.1) is 24.0 Å². The molecule has 3 nitrogen and oxygen atoms in total. The summed E-state index contributed by atoms with van der Waals surface area (Å²) in [5, 5.41) is 8.91. The van der Waals surface area contributed by atoms with Crippen LogP contribution in [0.3, 0.4) is 0 Å². The number of amidine groups is 1. The highest BCUT2D eigenvalue weighted by Crippen LogP contribution is 2.41. The Morgan fingerprint density at radius 1 is 1.16 bits per heavy atom. The van der Waals surface area contributed by atoms with E-state index in [0.29, 0.717) is 26.9 Å². The van der Waals surface area contributed by atoms with Crippen LogP contribution < -0.4 is 10.0 Å². The van der Waals surface area contributed by atoms with Crippen LogP contribution in [-0.2, 0) is 0 Å². The van der Waals surface area contributed by atoms with Crippen molar-refractivity contribution in [1.82, 2.24) is 10.0 Å². The lowest BCUT2D eigenvalue weighted by Crippen LogP contribution is -2.56. The minimum absolute atomic E-state index is 0.120. The summed E-state index contributed by atoms with van der Waals surface area (Å²) in [6, 6.07) is 7.32. The van der Waals surface area contributed by atoms with Gasteiger partial charge in [-0.1, -0.05) is 27.5 Å². The number of nitrogens with one attached hydrogen (secondary N) is 2. The van der Waals surface area contributed by atoms with E-state index in [1.54, 1.807) is 33.0 Å². The van der Waals surface area contributed by atoms with Gasteiger partial charge in [0.2, 0.25) is 5.69 Å². The Morgan fingerprint density at radius 3 is 2.44 bits per heavy atom. The van der Waals surface area contributed by atoms with Gasteiger partial charge >= 0.3 is 0 Å². The number of nitrogens with zero attached hydrogens (tertiary/aromatic N) is 1. The number of likely N-dealkylation sites (N-methyl/N-ethyl adjacent to an activating group) is 1. The predicted molar refractivity (Wildman–Crippen MR) is 101 cm³/mol. The Balaban J connectivity index is 2.14. The van der Waals surface area contributed by atoms with Gasteiger partial charge in [0.1, 0.15) is 17.9 Å². The summed E-state index contributed by atoms with van der Waals surface area (Å²) in [5.41, 5.74) is 5.92. The van der Waals surface area contributed by atoms with E-state index in [-0.39, 0.29) is 27.0 Å². The van der Waals surface area contributed by atoms with Crippen LogP contribution >= 0.6 is 27.5 Å². The molecule has 25 heavy (non-hydrogen) atoms. The van der Waals surface area contributed by atoms with E-state index in [1.807, 2.05) is 0 Å². The number of hydrogen-bond donors (Lipinski definition) is 2. The van der Waals surface area contributed by atoms with E-state index in [2.05, 4.69) is 21.4 Å². The average molecular weight is 428 g/mol. The molecule has 1 heterocycles. The molecule has 0 fully saturated rings. The molecule has 2 aromatic rings. The third kappa shape index (κ3) is 2.88. The van der Waals surface area contributed by atoms with Crippen LogP contribution in [0.5, 0.6) is 0 Å². The van der Waals surface area contributed by atoms with Crippen molar-refractivity contribution in [1.29, 1.82) is 5.41 Å². The van der Waals surface area contributed by atoms with Gasteiger partial charge < -0.3 is 0 Å². The highest BCUT2D eigenvalue weighted by atomic mass is 79.9. The van der Waals surface area contributed by atoms with E-state index in [1.165, 1.54) is 18.2 Å². The first-order valence-corrected chi connectivity index (χ1v) is 8.69. The standard InChI is InChI=1S/C18H16BrClF2N3/c1-9-6-14(20)17(15(22)7-9)25(3)18(23)16(10(2)24-25)12-5-4-11(21)8-13(12)19/h4-8,23-24H,1-3H3/q+1. The summed E-state index contributed by atoms with van der Waals surface area (Å²) in [4.78, 5) is 0. The average Bonchev–Trinajstić information content (AvgIpc) is 2.69. The van der Waals surface area contributed by atoms with Gasteiger partial charge in [0, 0.05) is 10.0 Å². The van der Waals surface area contributed by atoms with Crippen molar-refractivity contribution in [3.8, 4) is 0 Å². The van der Waals surface area contributed by atoms with Gasteiger partial charge in [0.15, 0.2) is 5.82 Å². The highest BCUT2D eigenvalue weighted by molar-refractivity contribution is 9.10. The molecule has 0 aromatic heterocycles. The molecule has 0 aliphatic carbocycles. The summed E-state index contributed by atoms with van der Waals surface area (Å²) in [7, 11) is 1.66. The van der Waals surface area contributed by atoms with E-state index in [4.69, 9.17) is 17.0 Å². The van der Waals surface area contributed by atoms with Crippen LogP contribution in [0.1, 0.15) is 18.1 Å². The maximum Gasteiger partial charge on any atom is 0.260 e. The van der Waals surface area contributed by atoms with Crippen LogP contribution in [0.25, 0.3) is 5.57 Å². The maximum absolute atomic E-state index is 14.7. The third-order valence-electron chi connectivity index (χ3n) is 4.26. The van der Waals surface area contributed by atoms with Crippen molar-refractivity contribution < 1.29 is 8.78 Å². The number of rotatable bonds is 2. The molecule has 0 radical (unpaired) electrons. The van der Waals surface area contributed by atoms with Crippen LogP contribution in [-0.4, -0.2) is 12.9 Å². The predicted octanol–water partition coefficient (Wildman–Crippen LogP) is 5.55. The lowest BCUT2D eigenvalue weighted by Gasteiger charge is -2.29. The molecule has 0 amide bonds. The molecule has 0 bridgehead atoms. The topological polar surface area (TPSA) is 35.9 Å². The Hall–Kier alpha value is -1.76. The van der Waals surface area contributed by atoms with Crippen molar-refractivity contribution in [3.63, 3.8) is 0 Å². The Morgan fingerprint density at radius 2 is 1.84 bits per heavy atom. The molecule has 7 heteroatoms. The first-order chi connectivity index (χ1) is 11.6. The molecule has 1 unspecified atom stereocenters. The molecule has 1 aliphatic heterocycles. The quantitative estimate of drug-likeness (QED) is 0.605. The van der Waals surface area contributed by atoms with Gasteiger partial charge in [0.25, 0.3) is 5.84 Å². The van der Waals surface area contributed by atoms with Crippen LogP contribution in [0.4, 0.5) is 14.5 Å². The van der Waals surface area contributed by atoms with Crippen molar-refractivity contribution in [2.45, 2.75) is 13.8 Å². The minimum atomic E-state index is -0.489. The SMILES string of the molecule is CC1=C(c2ccc(F)cc2Br)C(=N)[N+](C)(c2c(F)cc(C)cc2Cl)N1. The van der Waals surface area contributed by atoms with Crippen molar-refractivity contribution in [3.05, 3.63) is 68.3 Å². The van der Waals surface area contributed by atoms with Crippen LogP contribution in [0.2, 0.25) is 5.02 Å². The molecule has 2 aromatic carbocycles. The molecule has 1 atom stereocenters. The number of quaternary nitrogens is 1. The molecular weight excluding hydrogens is 412 g/mol. The summed E-state index contributed by atoms with van der Waals surface area (Å²) >= 11 is 9.63. The Kier molecular flexibility index (Phi) is 4.47. The highest BCUT2D eigenvalue weighted by Gasteiger charge is 2.46. The van der Waals surface area contributed by atoms with E-state index < -0.39 is 5.82 Å². The second kappa shape index (κ2) is 6.20. The fourth-order valence-corrected chi connectivity index (χ4v) is 4.14. The third-order valence-corrected chi connectivity index (χ3v) is 5.20. The molecule has 1 aliphatic rings. The Labute approximate surface area is 158 Å². The van der Waals surface area contributed by atoms with Crippen LogP contribution in [0.15, 0.2) is 40.5 Å². The monoisotopic (exact) mass is 426 g/mol. The lowest BCUT2D eigenvalue weighted by molar-refractivity contribution is 0.403. The number of halogens is 4. The fraction of sp³-hybridized carbons (Fsp3) is 0.167. The summed E-state index contributed by atoms with van der Waals surface area (Å²) in [5.74, 6) is -0.748. The second-order valence-corrected chi connectivity index (χ2v) is 7.43. The van der Waals surface area contributed by atoms with Gasteiger partial charge in [0.05, 0.1) is 11.3 Å². The van der Waals surface area contributed by atoms with Crippen molar-refractivity contribution in [2.75, 3.05) is 7.05 Å². The smallest absolute Gasteiger partial charge is 0.248 e. The largest absolute Gasteiger partial charge is 0.260 e. The lowest BCUT2D eigenvalue weighted by atomic mass is 10.0. The summed E-state index contributed by atoms with van der Waals surface area (Å²) in [6.07, 6.45) is 0. The first-order valence-electron chi connectivity index (χ1n) is 7.52.